The van der Waals surface area contributed by atoms with Gasteiger partial charge < -0.3 is 15.2 Å². The summed E-state index contributed by atoms with van der Waals surface area (Å²) < 4.78 is 51.6. The van der Waals surface area contributed by atoms with Gasteiger partial charge in [0, 0.05) is 38.1 Å². The molecular formula is C35H45F4N5. The molecule has 1 aliphatic rings. The Morgan fingerprint density at radius 3 is 2.18 bits per heavy atom. The van der Waals surface area contributed by atoms with Gasteiger partial charge in [-0.15, -0.1) is 0 Å². The molecule has 0 aliphatic carbocycles. The van der Waals surface area contributed by atoms with Gasteiger partial charge >= 0.3 is 6.18 Å². The maximum Gasteiger partial charge on any atom is 0.416 e. The summed E-state index contributed by atoms with van der Waals surface area (Å²) in [6.45, 7) is 21.5. The predicted octanol–water partition coefficient (Wildman–Crippen LogP) is 7.92. The maximum atomic E-state index is 13.0. The summed E-state index contributed by atoms with van der Waals surface area (Å²) in [5.74, 6) is -0.200. The van der Waals surface area contributed by atoms with Gasteiger partial charge in [-0.25, -0.2) is 9.40 Å². The first kappa shape index (κ1) is 36.1. The molecule has 2 N–H and O–H groups in total. The molecule has 1 heterocycles. The van der Waals surface area contributed by atoms with Gasteiger partial charge in [-0.3, -0.25) is 5.32 Å². The lowest BCUT2D eigenvalue weighted by atomic mass is 10.1. The molecule has 3 aromatic rings. The predicted molar refractivity (Wildman–Crippen MR) is 172 cm³/mol. The van der Waals surface area contributed by atoms with Crippen LogP contribution in [0.2, 0.25) is 0 Å². The zero-order chi connectivity index (χ0) is 32.5. The summed E-state index contributed by atoms with van der Waals surface area (Å²) in [6, 6.07) is 22.0. The van der Waals surface area contributed by atoms with Crippen LogP contribution >= 0.6 is 0 Å². The summed E-state index contributed by atoms with van der Waals surface area (Å²) in [5.41, 5.74) is 6.08. The van der Waals surface area contributed by atoms with Crippen LogP contribution in [0.4, 0.5) is 17.6 Å². The van der Waals surface area contributed by atoms with Gasteiger partial charge in [-0.2, -0.15) is 13.2 Å². The van der Waals surface area contributed by atoms with Crippen molar-refractivity contribution < 1.29 is 17.6 Å². The van der Waals surface area contributed by atoms with Gasteiger partial charge in [0.1, 0.15) is 5.82 Å². The second-order valence-electron chi connectivity index (χ2n) is 9.86. The molecule has 0 spiro atoms. The fourth-order valence-corrected chi connectivity index (χ4v) is 4.50. The summed E-state index contributed by atoms with van der Waals surface area (Å²) >= 11 is 0. The van der Waals surface area contributed by atoms with Crippen LogP contribution in [-0.2, 0) is 25.8 Å². The van der Waals surface area contributed by atoms with E-state index < -0.39 is 11.7 Å². The number of halogens is 4. The van der Waals surface area contributed by atoms with Crippen molar-refractivity contribution >= 4 is 0 Å². The van der Waals surface area contributed by atoms with Gasteiger partial charge in [0.15, 0.2) is 0 Å². The number of hydrogen-bond acceptors (Lipinski definition) is 5. The zero-order valence-electron chi connectivity index (χ0n) is 26.0. The molecule has 0 aromatic heterocycles. The Kier molecular flexibility index (Phi) is 15.2. The van der Waals surface area contributed by atoms with E-state index >= 15 is 0 Å². The minimum atomic E-state index is -4.34. The largest absolute Gasteiger partial charge is 0.416 e. The number of nitrogens with zero attached hydrogens (tertiary/aromatic N) is 3. The highest BCUT2D eigenvalue weighted by molar-refractivity contribution is 5.26. The fraction of sp³-hybridized carbons (Fsp3) is 0.314. The van der Waals surface area contributed by atoms with Gasteiger partial charge in [-0.1, -0.05) is 95.1 Å². The molecule has 0 saturated carbocycles. The van der Waals surface area contributed by atoms with E-state index in [1.54, 1.807) is 30.6 Å². The minimum Gasteiger partial charge on any atom is -0.366 e. The monoisotopic (exact) mass is 611 g/mol. The lowest BCUT2D eigenvalue weighted by Crippen LogP contribution is -2.55. The smallest absolute Gasteiger partial charge is 0.366 e. The Bertz CT molecular complexity index is 1280. The van der Waals surface area contributed by atoms with Crippen molar-refractivity contribution in [1.29, 1.82) is 0 Å². The Labute approximate surface area is 260 Å². The average molecular weight is 612 g/mol. The number of hydrogen-bond donors (Lipinski definition) is 2. The minimum absolute atomic E-state index is 0.00555. The molecule has 44 heavy (non-hydrogen) atoms. The molecule has 4 rings (SSSR count). The van der Waals surface area contributed by atoms with Gasteiger partial charge in [0.05, 0.1) is 24.8 Å². The Morgan fingerprint density at radius 2 is 1.59 bits per heavy atom. The van der Waals surface area contributed by atoms with E-state index in [0.29, 0.717) is 31.7 Å². The molecular weight excluding hydrogens is 566 g/mol. The van der Waals surface area contributed by atoms with Crippen LogP contribution in [0.25, 0.3) is 0 Å². The van der Waals surface area contributed by atoms with Crippen LogP contribution in [0.15, 0.2) is 117 Å². The number of rotatable bonds is 11. The van der Waals surface area contributed by atoms with E-state index in [9.17, 15) is 17.6 Å². The third-order valence-corrected chi connectivity index (χ3v) is 6.80. The summed E-state index contributed by atoms with van der Waals surface area (Å²) in [6.07, 6.45) is -0.939. The molecule has 1 fully saturated rings. The molecule has 0 amide bonds. The summed E-state index contributed by atoms with van der Waals surface area (Å²) in [4.78, 5) is 4.09. The average Bonchev–Trinajstić information content (AvgIpc) is 3.03. The molecule has 238 valence electrons. The highest BCUT2D eigenvalue weighted by Crippen LogP contribution is 2.30. The number of hydrazine groups is 1. The van der Waals surface area contributed by atoms with E-state index in [0.717, 1.165) is 30.4 Å². The quantitative estimate of drug-likeness (QED) is 0.170. The number of piperazine rings is 1. The molecule has 9 heteroatoms. The van der Waals surface area contributed by atoms with E-state index in [-0.39, 0.29) is 12.0 Å². The van der Waals surface area contributed by atoms with Crippen molar-refractivity contribution in [3.63, 3.8) is 0 Å². The van der Waals surface area contributed by atoms with Crippen LogP contribution in [0.3, 0.4) is 0 Å². The topological polar surface area (TPSA) is 33.8 Å². The molecule has 5 nitrogen and oxygen atoms in total. The molecule has 1 aliphatic heterocycles. The van der Waals surface area contributed by atoms with E-state index in [2.05, 4.69) is 35.4 Å². The number of benzene rings is 3. The molecule has 3 aromatic carbocycles. The lowest BCUT2D eigenvalue weighted by Gasteiger charge is -2.43. The first-order chi connectivity index (χ1) is 21.1. The third-order valence-electron chi connectivity index (χ3n) is 6.80. The van der Waals surface area contributed by atoms with E-state index in [4.69, 9.17) is 0 Å². The SMILES string of the molecule is C=CN1CC(=C)N(Cc2cccc(C(F)(F)F)c2)CC1NCc1ccccc1.C=CNN(CC)Cc1ccc(F)cc1.CC. The number of alkyl halides is 3. The Balaban J connectivity index is 0.000000355. The lowest BCUT2D eigenvalue weighted by molar-refractivity contribution is -0.137. The van der Waals surface area contributed by atoms with Crippen LogP contribution < -0.4 is 10.7 Å². The van der Waals surface area contributed by atoms with Crippen LogP contribution in [-0.4, -0.2) is 40.6 Å². The highest BCUT2D eigenvalue weighted by Gasteiger charge is 2.31. The van der Waals surface area contributed by atoms with E-state index in [1.165, 1.54) is 29.8 Å². The Morgan fingerprint density at radius 1 is 0.932 bits per heavy atom. The van der Waals surface area contributed by atoms with Crippen molar-refractivity contribution in [1.82, 2.24) is 25.6 Å². The van der Waals surface area contributed by atoms with Crippen LogP contribution in [0.1, 0.15) is 43.0 Å². The van der Waals surface area contributed by atoms with Gasteiger partial charge in [-0.05, 0) is 47.2 Å². The van der Waals surface area contributed by atoms with Crippen molar-refractivity contribution in [2.75, 3.05) is 19.6 Å². The first-order valence-corrected chi connectivity index (χ1v) is 14.7. The second-order valence-corrected chi connectivity index (χ2v) is 9.86. The van der Waals surface area contributed by atoms with Gasteiger partial charge in [0.2, 0.25) is 0 Å². The molecule has 0 radical (unpaired) electrons. The first-order valence-electron chi connectivity index (χ1n) is 14.7. The third kappa shape index (κ3) is 11.9. The normalized spacial score (nSPS) is 14.6. The molecule has 1 saturated heterocycles. The van der Waals surface area contributed by atoms with Crippen molar-refractivity contribution in [2.45, 2.75) is 52.7 Å². The van der Waals surface area contributed by atoms with Crippen LogP contribution in [0, 0.1) is 5.82 Å². The number of nitrogens with one attached hydrogen (secondary N) is 2. The van der Waals surface area contributed by atoms with Crippen molar-refractivity contribution in [2.24, 2.45) is 0 Å². The van der Waals surface area contributed by atoms with Crippen molar-refractivity contribution in [3.8, 4) is 0 Å². The summed E-state index contributed by atoms with van der Waals surface area (Å²) in [5, 5.41) is 5.49. The molecule has 1 atom stereocenters. The molecule has 1 unspecified atom stereocenters. The molecule has 0 bridgehead atoms. The zero-order valence-corrected chi connectivity index (χ0v) is 26.0. The van der Waals surface area contributed by atoms with Gasteiger partial charge in [0.25, 0.3) is 0 Å². The highest BCUT2D eigenvalue weighted by atomic mass is 19.4. The Hall–Kier alpha value is -4.08. The fourth-order valence-electron chi connectivity index (χ4n) is 4.50. The standard InChI is InChI=1S/C22H24F3N3.C11H15FN2.C2H6/c1-3-27-14-17(2)28(15-19-10-7-11-20(12-19)22(23,24)25)16-21(27)26-13-18-8-5-4-6-9-18;1-3-13-14(4-2)9-10-5-7-11(12)8-6-10;1-2/h3-12,21,26H,1-2,13-16H2;3,5-8,13H,1,4,9H2,2H3;1-2H3. The second kappa shape index (κ2) is 18.6. The van der Waals surface area contributed by atoms with Crippen molar-refractivity contribution in [3.05, 3.63) is 145 Å². The summed E-state index contributed by atoms with van der Waals surface area (Å²) in [7, 11) is 0. The van der Waals surface area contributed by atoms with E-state index in [1.807, 2.05) is 61.0 Å². The van der Waals surface area contributed by atoms with Crippen LogP contribution in [0.5, 0.6) is 0 Å². The maximum absolute atomic E-state index is 13.0.